The summed E-state index contributed by atoms with van der Waals surface area (Å²) < 4.78 is 5.84. The van der Waals surface area contributed by atoms with E-state index in [-0.39, 0.29) is 36.8 Å². The number of hydrogen-bond donors (Lipinski definition) is 1. The van der Waals surface area contributed by atoms with Gasteiger partial charge in [-0.25, -0.2) is 9.67 Å². The van der Waals surface area contributed by atoms with E-state index < -0.39 is 11.9 Å². The van der Waals surface area contributed by atoms with Crippen molar-refractivity contribution in [3.63, 3.8) is 0 Å². The number of carbonyl (C=O) groups is 3. The Labute approximate surface area is 152 Å². The average Bonchev–Trinajstić information content (AvgIpc) is 3.22. The molecule has 1 atom stereocenters. The van der Waals surface area contributed by atoms with E-state index in [0.717, 1.165) is 25.7 Å². The van der Waals surface area contributed by atoms with E-state index in [0.29, 0.717) is 12.5 Å². The molecule has 1 unspecified atom stereocenters. The molecule has 2 fully saturated rings. The first-order chi connectivity index (χ1) is 12.5. The van der Waals surface area contributed by atoms with Gasteiger partial charge < -0.3 is 9.64 Å². The zero-order chi connectivity index (χ0) is 18.7. The number of aromatic nitrogens is 3. The normalized spacial score (nSPS) is 26.0. The second kappa shape index (κ2) is 7.84. The molecule has 0 aromatic carbocycles. The predicted octanol–water partition coefficient (Wildman–Crippen LogP) is 0.817. The molecule has 2 heterocycles. The first-order valence-corrected chi connectivity index (χ1v) is 9.03. The Hall–Kier alpha value is -2.45. The molecule has 3 rings (SSSR count). The molecule has 26 heavy (non-hydrogen) atoms. The topological polar surface area (TPSA) is 106 Å². The minimum atomic E-state index is -0.452. The fourth-order valence-corrected chi connectivity index (χ4v) is 3.65. The maximum absolute atomic E-state index is 12.5. The lowest BCUT2D eigenvalue weighted by molar-refractivity contribution is -0.141. The third-order valence-corrected chi connectivity index (χ3v) is 5.25. The van der Waals surface area contributed by atoms with E-state index in [1.54, 1.807) is 0 Å². The highest BCUT2D eigenvalue weighted by Gasteiger charge is 2.38. The largest absolute Gasteiger partial charge is 0.468 e. The van der Waals surface area contributed by atoms with E-state index in [4.69, 9.17) is 0 Å². The molecule has 142 valence electrons. The molecule has 0 spiro atoms. The average molecular weight is 363 g/mol. The molecule has 2 amide bonds. The molecule has 1 saturated heterocycles. The fraction of sp³-hybridized carbons (Fsp3) is 0.706. The van der Waals surface area contributed by atoms with Crippen molar-refractivity contribution < 1.29 is 19.1 Å². The van der Waals surface area contributed by atoms with Crippen LogP contribution in [0.3, 0.4) is 0 Å². The molecule has 1 N–H and O–H groups in total. The summed E-state index contributed by atoms with van der Waals surface area (Å²) in [6.45, 7) is 2.62. The van der Waals surface area contributed by atoms with Crippen molar-refractivity contribution in [1.82, 2.24) is 19.7 Å². The van der Waals surface area contributed by atoms with Crippen LogP contribution in [0.25, 0.3) is 0 Å². The lowest BCUT2D eigenvalue weighted by Crippen LogP contribution is -2.39. The third kappa shape index (κ3) is 4.20. The van der Waals surface area contributed by atoms with Crippen molar-refractivity contribution in [2.24, 2.45) is 11.8 Å². The summed E-state index contributed by atoms with van der Waals surface area (Å²) in [6.07, 6.45) is 5.86. The second-order valence-electron chi connectivity index (χ2n) is 7.19. The number of hydrogen-bond acceptors (Lipinski definition) is 6. The van der Waals surface area contributed by atoms with Gasteiger partial charge in [-0.05, 0) is 31.6 Å². The molecule has 0 bridgehead atoms. The summed E-state index contributed by atoms with van der Waals surface area (Å²) in [4.78, 5) is 41.9. The maximum atomic E-state index is 12.5. The molecule has 9 nitrogen and oxygen atoms in total. The standard InChI is InChI=1S/C17H25N5O4/c1-11-3-5-13(6-4-11)22-8-12(7-14(22)23)16(25)19-17-18-10-21(20-17)9-15(24)26-2/h10-13H,3-9H2,1-2H3,(H,19,20,25). The molecular weight excluding hydrogens is 338 g/mol. The van der Waals surface area contributed by atoms with Crippen molar-refractivity contribution in [2.75, 3.05) is 19.0 Å². The summed E-state index contributed by atoms with van der Waals surface area (Å²) >= 11 is 0. The van der Waals surface area contributed by atoms with Crippen molar-refractivity contribution in [1.29, 1.82) is 0 Å². The Morgan fingerprint density at radius 3 is 2.73 bits per heavy atom. The number of likely N-dealkylation sites (tertiary alicyclic amines) is 1. The van der Waals surface area contributed by atoms with Gasteiger partial charge in [0.15, 0.2) is 0 Å². The van der Waals surface area contributed by atoms with Gasteiger partial charge in [0.05, 0.1) is 13.0 Å². The van der Waals surface area contributed by atoms with Gasteiger partial charge in [0, 0.05) is 19.0 Å². The van der Waals surface area contributed by atoms with Crippen LogP contribution in [0.2, 0.25) is 0 Å². The Morgan fingerprint density at radius 1 is 1.31 bits per heavy atom. The van der Waals surface area contributed by atoms with Crippen LogP contribution in [-0.2, 0) is 25.7 Å². The summed E-state index contributed by atoms with van der Waals surface area (Å²) in [5.41, 5.74) is 0. The first kappa shape index (κ1) is 18.3. The molecular formula is C17H25N5O4. The van der Waals surface area contributed by atoms with E-state index in [1.807, 2.05) is 4.90 Å². The number of methoxy groups -OCH3 is 1. The van der Waals surface area contributed by atoms with Crippen molar-refractivity contribution in [3.8, 4) is 0 Å². The molecule has 1 saturated carbocycles. The van der Waals surface area contributed by atoms with Crippen molar-refractivity contribution >= 4 is 23.7 Å². The van der Waals surface area contributed by atoms with Crippen LogP contribution >= 0.6 is 0 Å². The van der Waals surface area contributed by atoms with E-state index in [9.17, 15) is 14.4 Å². The fourth-order valence-electron chi connectivity index (χ4n) is 3.65. The van der Waals surface area contributed by atoms with Crippen LogP contribution in [0, 0.1) is 11.8 Å². The van der Waals surface area contributed by atoms with E-state index in [2.05, 4.69) is 27.1 Å². The molecule has 1 aliphatic heterocycles. The predicted molar refractivity (Wildman–Crippen MR) is 91.9 cm³/mol. The van der Waals surface area contributed by atoms with E-state index >= 15 is 0 Å². The number of nitrogens with zero attached hydrogens (tertiary/aromatic N) is 4. The minimum absolute atomic E-state index is 0.0499. The zero-order valence-corrected chi connectivity index (χ0v) is 15.2. The zero-order valence-electron chi connectivity index (χ0n) is 15.2. The van der Waals surface area contributed by atoms with Gasteiger partial charge in [-0.2, -0.15) is 0 Å². The van der Waals surface area contributed by atoms with Gasteiger partial charge in [0.1, 0.15) is 12.9 Å². The van der Waals surface area contributed by atoms with Crippen LogP contribution in [0.1, 0.15) is 39.0 Å². The number of nitrogens with one attached hydrogen (secondary N) is 1. The van der Waals surface area contributed by atoms with Gasteiger partial charge >= 0.3 is 5.97 Å². The van der Waals surface area contributed by atoms with Gasteiger partial charge in [0.25, 0.3) is 0 Å². The highest BCUT2D eigenvalue weighted by atomic mass is 16.5. The van der Waals surface area contributed by atoms with Crippen LogP contribution in [0.5, 0.6) is 0 Å². The molecule has 0 radical (unpaired) electrons. The number of ether oxygens (including phenoxy) is 1. The van der Waals surface area contributed by atoms with Crippen LogP contribution in [0.4, 0.5) is 5.95 Å². The van der Waals surface area contributed by atoms with Gasteiger partial charge in [-0.1, -0.05) is 6.92 Å². The Morgan fingerprint density at radius 2 is 2.04 bits per heavy atom. The summed E-state index contributed by atoms with van der Waals surface area (Å²) in [5, 5.41) is 6.65. The number of carbonyl (C=O) groups excluding carboxylic acids is 3. The maximum Gasteiger partial charge on any atom is 0.327 e. The Kier molecular flexibility index (Phi) is 5.53. The third-order valence-electron chi connectivity index (χ3n) is 5.25. The molecule has 2 aliphatic rings. The number of esters is 1. The monoisotopic (exact) mass is 363 g/mol. The minimum Gasteiger partial charge on any atom is -0.468 e. The van der Waals surface area contributed by atoms with Gasteiger partial charge in [-0.15, -0.1) is 5.10 Å². The lowest BCUT2D eigenvalue weighted by atomic mass is 9.87. The van der Waals surface area contributed by atoms with Crippen LogP contribution in [0.15, 0.2) is 6.33 Å². The van der Waals surface area contributed by atoms with Gasteiger partial charge in [-0.3, -0.25) is 19.7 Å². The summed E-state index contributed by atoms with van der Waals surface area (Å²) in [5.74, 6) is -0.221. The molecule has 9 heteroatoms. The molecule has 1 aromatic heterocycles. The number of anilines is 1. The number of rotatable bonds is 5. The Balaban J connectivity index is 1.54. The first-order valence-electron chi connectivity index (χ1n) is 9.03. The quantitative estimate of drug-likeness (QED) is 0.776. The summed E-state index contributed by atoms with van der Waals surface area (Å²) in [6, 6.07) is 0.258. The van der Waals surface area contributed by atoms with Crippen molar-refractivity contribution in [3.05, 3.63) is 6.33 Å². The summed E-state index contributed by atoms with van der Waals surface area (Å²) in [7, 11) is 1.29. The SMILES string of the molecule is COC(=O)Cn1cnc(NC(=O)C2CC(=O)N(C3CCC(C)CC3)C2)n1. The highest BCUT2D eigenvalue weighted by Crippen LogP contribution is 2.31. The Bertz CT molecular complexity index is 680. The molecule has 1 aliphatic carbocycles. The lowest BCUT2D eigenvalue weighted by Gasteiger charge is -2.33. The smallest absolute Gasteiger partial charge is 0.327 e. The second-order valence-corrected chi connectivity index (χ2v) is 7.19. The van der Waals surface area contributed by atoms with Crippen molar-refractivity contribution in [2.45, 2.75) is 51.6 Å². The van der Waals surface area contributed by atoms with E-state index in [1.165, 1.54) is 18.1 Å². The number of amides is 2. The molecule has 1 aromatic rings. The van der Waals surface area contributed by atoms with Crippen LogP contribution in [-0.4, -0.2) is 57.1 Å². The van der Waals surface area contributed by atoms with Crippen LogP contribution < -0.4 is 5.32 Å². The highest BCUT2D eigenvalue weighted by molar-refractivity contribution is 5.96. The van der Waals surface area contributed by atoms with Gasteiger partial charge in [0.2, 0.25) is 17.8 Å².